The van der Waals surface area contributed by atoms with Gasteiger partial charge in [0.05, 0.1) is 24.5 Å². The van der Waals surface area contributed by atoms with Crippen LogP contribution in [0.5, 0.6) is 0 Å². The molecule has 2 N–H and O–H groups in total. The van der Waals surface area contributed by atoms with Crippen molar-refractivity contribution in [2.24, 2.45) is 11.8 Å². The van der Waals surface area contributed by atoms with Crippen molar-refractivity contribution < 1.29 is 14.6 Å². The number of aromatic amines is 1. The van der Waals surface area contributed by atoms with Crippen LogP contribution in [0.1, 0.15) is 24.2 Å². The minimum Gasteiger partial charge on any atom is -0.389 e. The monoisotopic (exact) mass is 374 g/mol. The third-order valence-corrected chi connectivity index (χ3v) is 6.56. The van der Waals surface area contributed by atoms with E-state index in [4.69, 9.17) is 9.47 Å². The van der Waals surface area contributed by atoms with Gasteiger partial charge in [-0.1, -0.05) is 0 Å². The quantitative estimate of drug-likeness (QED) is 0.787. The fourth-order valence-corrected chi connectivity index (χ4v) is 5.20. The average molecular weight is 374 g/mol. The fraction of sp³-hybridized carbons (Fsp3) is 0.684. The molecule has 3 aliphatic heterocycles. The first-order valence-electron chi connectivity index (χ1n) is 9.75. The maximum Gasteiger partial charge on any atom is 0.272 e. The first-order valence-corrected chi connectivity index (χ1v) is 9.75. The number of H-pyrrole nitrogens is 1. The van der Waals surface area contributed by atoms with Gasteiger partial charge in [0.15, 0.2) is 5.65 Å². The lowest BCUT2D eigenvalue weighted by Crippen LogP contribution is -2.67. The zero-order valence-corrected chi connectivity index (χ0v) is 15.6. The van der Waals surface area contributed by atoms with Crippen molar-refractivity contribution in [2.45, 2.75) is 38.0 Å². The summed E-state index contributed by atoms with van der Waals surface area (Å²) in [7, 11) is 0. The van der Waals surface area contributed by atoms with E-state index in [0.29, 0.717) is 45.0 Å². The normalized spacial score (nSPS) is 34.4. The number of nitrogens with one attached hydrogen (secondary N) is 1. The van der Waals surface area contributed by atoms with Gasteiger partial charge < -0.3 is 14.6 Å². The second kappa shape index (κ2) is 6.41. The molecule has 0 aromatic carbocycles. The van der Waals surface area contributed by atoms with Crippen LogP contribution < -0.4 is 5.56 Å². The molecule has 3 fully saturated rings. The summed E-state index contributed by atoms with van der Waals surface area (Å²) in [5.41, 5.74) is 1.51. The molecule has 27 heavy (non-hydrogen) atoms. The number of ether oxygens (including phenoxy) is 2. The van der Waals surface area contributed by atoms with Crippen LogP contribution in [0.25, 0.3) is 5.65 Å². The number of piperidine rings is 1. The highest BCUT2D eigenvalue weighted by Gasteiger charge is 2.55. The van der Waals surface area contributed by atoms with E-state index in [2.05, 4.69) is 15.0 Å². The second-order valence-electron chi connectivity index (χ2n) is 8.20. The van der Waals surface area contributed by atoms with Crippen molar-refractivity contribution in [2.75, 3.05) is 33.0 Å². The first-order chi connectivity index (χ1) is 13.0. The van der Waals surface area contributed by atoms with Crippen LogP contribution in [-0.4, -0.2) is 69.2 Å². The maximum atomic E-state index is 12.4. The molecule has 0 radical (unpaired) electrons. The number of aliphatic hydroxyl groups is 1. The smallest absolute Gasteiger partial charge is 0.272 e. The van der Waals surface area contributed by atoms with Crippen LogP contribution in [0.3, 0.4) is 0 Å². The highest BCUT2D eigenvalue weighted by molar-refractivity contribution is 5.39. The standard InChI is InChI=1S/C19H26N4O4/c1-12-6-17-20-14(7-18(24)23(17)21-12)9-22-8-13-10-27-5-3-19(13,25)15-11-26-4-2-16(15)22/h6-7,13,15-16,21,25H,2-5,8-11H2,1H3/t13-,15+,16-,19-/m1/s1. The highest BCUT2D eigenvalue weighted by Crippen LogP contribution is 2.44. The van der Waals surface area contributed by atoms with E-state index < -0.39 is 5.60 Å². The average Bonchev–Trinajstić information content (AvgIpc) is 3.03. The molecule has 0 saturated carbocycles. The molecule has 8 heteroatoms. The maximum absolute atomic E-state index is 12.4. The topological polar surface area (TPSA) is 92.1 Å². The fourth-order valence-electron chi connectivity index (χ4n) is 5.20. The third-order valence-electron chi connectivity index (χ3n) is 6.56. The summed E-state index contributed by atoms with van der Waals surface area (Å²) in [6, 6.07) is 3.73. The largest absolute Gasteiger partial charge is 0.389 e. The van der Waals surface area contributed by atoms with E-state index >= 15 is 0 Å². The Morgan fingerprint density at radius 1 is 1.33 bits per heavy atom. The lowest BCUT2D eigenvalue weighted by molar-refractivity contribution is -0.221. The predicted octanol–water partition coefficient (Wildman–Crippen LogP) is 0.319. The zero-order chi connectivity index (χ0) is 18.6. The Morgan fingerprint density at radius 3 is 3.07 bits per heavy atom. The Bertz CT molecular complexity index is 909. The number of fused-ring (bicyclic) bond motifs is 4. The van der Waals surface area contributed by atoms with Crippen LogP contribution in [0, 0.1) is 18.8 Å². The lowest BCUT2D eigenvalue weighted by Gasteiger charge is -2.57. The molecule has 5 rings (SSSR count). The molecular weight excluding hydrogens is 348 g/mol. The van der Waals surface area contributed by atoms with Crippen LogP contribution >= 0.6 is 0 Å². The Kier molecular flexibility index (Phi) is 4.12. The van der Waals surface area contributed by atoms with E-state index in [-0.39, 0.29) is 23.4 Å². The molecule has 3 saturated heterocycles. The third kappa shape index (κ3) is 2.82. The number of rotatable bonds is 2. The van der Waals surface area contributed by atoms with Crippen molar-refractivity contribution in [3.8, 4) is 0 Å². The van der Waals surface area contributed by atoms with Gasteiger partial charge in [0, 0.05) is 68.4 Å². The lowest BCUT2D eigenvalue weighted by atomic mass is 9.66. The summed E-state index contributed by atoms with van der Waals surface area (Å²) < 4.78 is 12.9. The van der Waals surface area contributed by atoms with Gasteiger partial charge in [-0.3, -0.25) is 14.8 Å². The van der Waals surface area contributed by atoms with Gasteiger partial charge in [-0.25, -0.2) is 9.50 Å². The minimum atomic E-state index is -0.714. The Balaban J connectivity index is 1.46. The number of hydrogen-bond acceptors (Lipinski definition) is 6. The minimum absolute atomic E-state index is 0.0635. The number of likely N-dealkylation sites (tertiary alicyclic amines) is 1. The van der Waals surface area contributed by atoms with Crippen molar-refractivity contribution in [1.29, 1.82) is 0 Å². The molecule has 146 valence electrons. The van der Waals surface area contributed by atoms with E-state index in [9.17, 15) is 9.90 Å². The van der Waals surface area contributed by atoms with Crippen molar-refractivity contribution in [1.82, 2.24) is 19.5 Å². The van der Waals surface area contributed by atoms with Gasteiger partial charge in [0.2, 0.25) is 0 Å². The molecule has 3 aliphatic rings. The van der Waals surface area contributed by atoms with Gasteiger partial charge >= 0.3 is 0 Å². The predicted molar refractivity (Wildman–Crippen MR) is 97.5 cm³/mol. The van der Waals surface area contributed by atoms with Crippen molar-refractivity contribution in [3.05, 3.63) is 33.9 Å². The number of aromatic nitrogens is 3. The van der Waals surface area contributed by atoms with Gasteiger partial charge in [0.1, 0.15) is 0 Å². The molecule has 5 heterocycles. The SMILES string of the molecule is Cc1cc2nc(CN3C[C@@H]4COCC[C@]4(O)[C@H]4COCC[C@H]43)cc(=O)n2[nH]1. The Hall–Kier alpha value is -1.74. The van der Waals surface area contributed by atoms with Gasteiger partial charge in [0.25, 0.3) is 5.56 Å². The van der Waals surface area contributed by atoms with Crippen LogP contribution in [0.15, 0.2) is 16.9 Å². The number of nitrogens with zero attached hydrogens (tertiary/aromatic N) is 3. The molecule has 0 spiro atoms. The highest BCUT2D eigenvalue weighted by atomic mass is 16.5. The van der Waals surface area contributed by atoms with Crippen molar-refractivity contribution >= 4 is 5.65 Å². The van der Waals surface area contributed by atoms with E-state index in [0.717, 1.165) is 24.4 Å². The number of hydrogen-bond donors (Lipinski definition) is 2. The summed E-state index contributed by atoms with van der Waals surface area (Å²) in [5.74, 6) is 0.141. The van der Waals surface area contributed by atoms with Gasteiger partial charge in [-0.05, 0) is 13.3 Å². The van der Waals surface area contributed by atoms with Crippen LogP contribution in [0.4, 0.5) is 0 Å². The molecule has 0 aliphatic carbocycles. The molecule has 0 amide bonds. The van der Waals surface area contributed by atoms with Gasteiger partial charge in [-0.15, -0.1) is 0 Å². The summed E-state index contributed by atoms with van der Waals surface area (Å²) in [6.07, 6.45) is 1.56. The molecule has 4 atom stereocenters. The molecule has 2 aromatic rings. The van der Waals surface area contributed by atoms with Crippen LogP contribution in [-0.2, 0) is 16.0 Å². The molecule has 0 unspecified atom stereocenters. The van der Waals surface area contributed by atoms with E-state index in [1.807, 2.05) is 13.0 Å². The van der Waals surface area contributed by atoms with Gasteiger partial charge in [-0.2, -0.15) is 0 Å². The molecule has 0 bridgehead atoms. The van der Waals surface area contributed by atoms with E-state index in [1.54, 1.807) is 6.07 Å². The van der Waals surface area contributed by atoms with E-state index in [1.165, 1.54) is 4.52 Å². The summed E-state index contributed by atoms with van der Waals surface area (Å²) in [5, 5.41) is 14.4. The summed E-state index contributed by atoms with van der Waals surface area (Å²) >= 11 is 0. The van der Waals surface area contributed by atoms with Crippen LogP contribution in [0.2, 0.25) is 0 Å². The summed E-state index contributed by atoms with van der Waals surface area (Å²) in [6.45, 7) is 5.74. The Morgan fingerprint density at radius 2 is 2.19 bits per heavy atom. The molecular formula is C19H26N4O4. The Labute approximate surface area is 157 Å². The molecule has 8 nitrogen and oxygen atoms in total. The number of aryl methyl sites for hydroxylation is 1. The molecule has 2 aromatic heterocycles. The first kappa shape index (κ1) is 17.4. The second-order valence-corrected chi connectivity index (χ2v) is 8.20. The van der Waals surface area contributed by atoms with Crippen molar-refractivity contribution in [3.63, 3.8) is 0 Å². The zero-order valence-electron chi connectivity index (χ0n) is 15.6. The summed E-state index contributed by atoms with van der Waals surface area (Å²) in [4.78, 5) is 19.5.